The Balaban J connectivity index is 3.64. The van der Waals surface area contributed by atoms with Gasteiger partial charge in [0.25, 0.3) is 0 Å². The van der Waals surface area contributed by atoms with E-state index in [1.165, 1.54) is 6.92 Å². The van der Waals surface area contributed by atoms with Gasteiger partial charge in [-0.05, 0) is 6.04 Å². The summed E-state index contributed by atoms with van der Waals surface area (Å²) in [6, 6.07) is 0.912. The first kappa shape index (κ1) is 15.0. The van der Waals surface area contributed by atoms with Gasteiger partial charge in [-0.2, -0.15) is 0 Å². The molecule has 0 spiro atoms. The van der Waals surface area contributed by atoms with Crippen LogP contribution in [0.2, 0.25) is 25.7 Å². The van der Waals surface area contributed by atoms with E-state index in [0.29, 0.717) is 6.61 Å². The van der Waals surface area contributed by atoms with Gasteiger partial charge in [0.1, 0.15) is 0 Å². The highest BCUT2D eigenvalue weighted by molar-refractivity contribution is 6.76. The number of aliphatic carboxylic acids is 1. The summed E-state index contributed by atoms with van der Waals surface area (Å²) in [5.74, 6) is -1.52. The molecule has 0 aliphatic rings. The number of rotatable bonds is 6. The van der Waals surface area contributed by atoms with Crippen molar-refractivity contribution in [3.05, 3.63) is 0 Å². The third-order valence-corrected chi connectivity index (χ3v) is 3.76. The van der Waals surface area contributed by atoms with E-state index in [9.17, 15) is 9.59 Å². The molecule has 0 saturated heterocycles. The molecule has 0 fully saturated rings. The predicted molar refractivity (Wildman–Crippen MR) is 64.3 cm³/mol. The van der Waals surface area contributed by atoms with Crippen LogP contribution in [0.4, 0.5) is 4.79 Å². The van der Waals surface area contributed by atoms with Crippen molar-refractivity contribution < 1.29 is 19.4 Å². The maximum Gasteiger partial charge on any atom is 0.407 e. The number of alkyl carbamates (subject to hydrolysis) is 1. The van der Waals surface area contributed by atoms with E-state index >= 15 is 0 Å². The maximum atomic E-state index is 11.1. The van der Waals surface area contributed by atoms with E-state index in [2.05, 4.69) is 25.0 Å². The molecule has 0 rings (SSSR count). The smallest absolute Gasteiger partial charge is 0.407 e. The van der Waals surface area contributed by atoms with Crippen LogP contribution in [-0.4, -0.2) is 38.4 Å². The summed E-state index contributed by atoms with van der Waals surface area (Å²) in [6.45, 7) is 8.62. The van der Waals surface area contributed by atoms with Gasteiger partial charge >= 0.3 is 12.1 Å². The van der Waals surface area contributed by atoms with Gasteiger partial charge in [0.05, 0.1) is 12.5 Å². The van der Waals surface area contributed by atoms with Gasteiger partial charge in [0.2, 0.25) is 0 Å². The summed E-state index contributed by atoms with van der Waals surface area (Å²) in [7, 11) is -1.19. The van der Waals surface area contributed by atoms with Crippen LogP contribution in [0.15, 0.2) is 0 Å². The molecule has 1 amide bonds. The van der Waals surface area contributed by atoms with Gasteiger partial charge in [-0.3, -0.25) is 4.79 Å². The molecule has 1 atom stereocenters. The summed E-state index contributed by atoms with van der Waals surface area (Å²) in [5, 5.41) is 11.0. The van der Waals surface area contributed by atoms with E-state index in [4.69, 9.17) is 9.84 Å². The fraction of sp³-hybridized carbons (Fsp3) is 0.800. The molecule has 2 N–H and O–H groups in total. The van der Waals surface area contributed by atoms with Crippen LogP contribution in [0.5, 0.6) is 0 Å². The second-order valence-corrected chi connectivity index (χ2v) is 10.7. The average molecular weight is 247 g/mol. The number of ether oxygens (including phenoxy) is 1. The number of carboxylic acid groups (broad SMARTS) is 1. The summed E-state index contributed by atoms with van der Waals surface area (Å²) in [4.78, 5) is 21.6. The largest absolute Gasteiger partial charge is 0.481 e. The molecule has 94 valence electrons. The summed E-state index contributed by atoms with van der Waals surface area (Å²) >= 11 is 0. The minimum absolute atomic E-state index is 0.0983. The molecule has 0 saturated carbocycles. The van der Waals surface area contributed by atoms with E-state index < -0.39 is 26.1 Å². The molecule has 0 bridgehead atoms. The molecule has 0 heterocycles. The molecule has 0 radical (unpaired) electrons. The molecular formula is C10H21NO4Si. The highest BCUT2D eigenvalue weighted by Gasteiger charge is 2.15. The van der Waals surface area contributed by atoms with Crippen molar-refractivity contribution in [2.75, 3.05) is 13.2 Å². The quantitative estimate of drug-likeness (QED) is 0.701. The zero-order chi connectivity index (χ0) is 12.8. The monoisotopic (exact) mass is 247 g/mol. The van der Waals surface area contributed by atoms with Crippen LogP contribution in [0.3, 0.4) is 0 Å². The van der Waals surface area contributed by atoms with E-state index in [1.807, 2.05) is 0 Å². The highest BCUT2D eigenvalue weighted by Crippen LogP contribution is 2.07. The lowest BCUT2D eigenvalue weighted by molar-refractivity contribution is -0.140. The molecule has 0 aromatic carbocycles. The fourth-order valence-electron chi connectivity index (χ4n) is 0.825. The molecular weight excluding hydrogens is 226 g/mol. The Hall–Kier alpha value is -1.04. The van der Waals surface area contributed by atoms with Gasteiger partial charge in [-0.25, -0.2) is 4.79 Å². The molecule has 6 heteroatoms. The Bertz CT molecular complexity index is 250. The van der Waals surface area contributed by atoms with Crippen LogP contribution in [-0.2, 0) is 9.53 Å². The number of amides is 1. The Kier molecular flexibility index (Phi) is 6.10. The Morgan fingerprint density at radius 2 is 1.94 bits per heavy atom. The first-order valence-corrected chi connectivity index (χ1v) is 9.06. The number of nitrogens with one attached hydrogen (secondary N) is 1. The van der Waals surface area contributed by atoms with Crippen LogP contribution in [0, 0.1) is 5.92 Å². The number of hydrogen-bond acceptors (Lipinski definition) is 3. The Labute approximate surface area is 97.2 Å². The summed E-state index contributed by atoms with van der Waals surface area (Å²) in [5.41, 5.74) is 0. The number of hydrogen-bond donors (Lipinski definition) is 2. The van der Waals surface area contributed by atoms with Crippen LogP contribution in [0.25, 0.3) is 0 Å². The van der Waals surface area contributed by atoms with Crippen molar-refractivity contribution in [3.8, 4) is 0 Å². The second-order valence-electron chi connectivity index (χ2n) is 5.07. The standard InChI is InChI=1S/C10H21NO4Si/c1-8(9(12)13)7-11-10(14)15-5-6-16(2,3)4/h8H,5-7H2,1-4H3,(H,11,14)(H,12,13)/t8-/m0/s1. The lowest BCUT2D eigenvalue weighted by Gasteiger charge is -2.15. The third kappa shape index (κ3) is 8.28. The molecule has 0 aliphatic heterocycles. The first-order valence-electron chi connectivity index (χ1n) is 5.36. The number of carboxylic acids is 1. The average Bonchev–Trinajstić information content (AvgIpc) is 2.11. The second kappa shape index (κ2) is 6.52. The highest BCUT2D eigenvalue weighted by atomic mass is 28.3. The Morgan fingerprint density at radius 1 is 1.38 bits per heavy atom. The summed E-state index contributed by atoms with van der Waals surface area (Å²) < 4.78 is 4.94. The van der Waals surface area contributed by atoms with Crippen LogP contribution >= 0.6 is 0 Å². The topological polar surface area (TPSA) is 75.6 Å². The molecule has 0 unspecified atom stereocenters. The van der Waals surface area contributed by atoms with Crippen molar-refractivity contribution in [1.82, 2.24) is 5.32 Å². The van der Waals surface area contributed by atoms with Gasteiger partial charge in [-0.1, -0.05) is 26.6 Å². The fourth-order valence-corrected chi connectivity index (χ4v) is 1.54. The zero-order valence-corrected chi connectivity index (χ0v) is 11.4. The Morgan fingerprint density at radius 3 is 2.38 bits per heavy atom. The first-order chi connectivity index (χ1) is 7.22. The van der Waals surface area contributed by atoms with Crippen LogP contribution < -0.4 is 5.32 Å². The van der Waals surface area contributed by atoms with E-state index in [1.54, 1.807) is 0 Å². The van der Waals surface area contributed by atoms with Gasteiger partial charge < -0.3 is 15.2 Å². The zero-order valence-electron chi connectivity index (χ0n) is 10.4. The third-order valence-electron chi connectivity index (χ3n) is 2.06. The van der Waals surface area contributed by atoms with Crippen molar-refractivity contribution >= 4 is 20.1 Å². The van der Waals surface area contributed by atoms with E-state index in [-0.39, 0.29) is 6.54 Å². The van der Waals surface area contributed by atoms with Crippen molar-refractivity contribution in [1.29, 1.82) is 0 Å². The molecule has 0 aliphatic carbocycles. The van der Waals surface area contributed by atoms with Gasteiger partial charge in [0, 0.05) is 14.6 Å². The minimum Gasteiger partial charge on any atom is -0.481 e. The molecule has 5 nitrogen and oxygen atoms in total. The normalized spacial score (nSPS) is 13.0. The number of carbonyl (C=O) groups is 2. The SMILES string of the molecule is C[C@@H](CNC(=O)OCC[Si](C)(C)C)C(=O)O. The van der Waals surface area contributed by atoms with Crippen LogP contribution in [0.1, 0.15) is 6.92 Å². The van der Waals surface area contributed by atoms with Crippen molar-refractivity contribution in [3.63, 3.8) is 0 Å². The molecule has 16 heavy (non-hydrogen) atoms. The minimum atomic E-state index is -1.19. The predicted octanol–water partition coefficient (Wildman–Crippen LogP) is 1.77. The lowest BCUT2D eigenvalue weighted by Crippen LogP contribution is -2.33. The number of carbonyl (C=O) groups excluding carboxylic acids is 1. The maximum absolute atomic E-state index is 11.1. The molecule has 0 aromatic rings. The van der Waals surface area contributed by atoms with E-state index in [0.717, 1.165) is 6.04 Å². The lowest BCUT2D eigenvalue weighted by atomic mass is 10.2. The van der Waals surface area contributed by atoms with Crippen molar-refractivity contribution in [2.24, 2.45) is 5.92 Å². The summed E-state index contributed by atoms with van der Waals surface area (Å²) in [6.07, 6.45) is -0.536. The van der Waals surface area contributed by atoms with Crippen molar-refractivity contribution in [2.45, 2.75) is 32.6 Å². The molecule has 0 aromatic heterocycles. The van der Waals surface area contributed by atoms with Gasteiger partial charge in [0.15, 0.2) is 0 Å². The van der Waals surface area contributed by atoms with Gasteiger partial charge in [-0.15, -0.1) is 0 Å².